The Bertz CT molecular complexity index is 365. The van der Waals surface area contributed by atoms with Crippen molar-refractivity contribution in [2.45, 2.75) is 51.7 Å². The summed E-state index contributed by atoms with van der Waals surface area (Å²) in [5, 5.41) is 13.4. The minimum atomic E-state index is -0.699. The van der Waals surface area contributed by atoms with Crippen molar-refractivity contribution in [1.29, 1.82) is 0 Å². The number of nitrogens with one attached hydrogen (secondary N) is 1. The quantitative estimate of drug-likeness (QED) is 0.780. The summed E-state index contributed by atoms with van der Waals surface area (Å²) in [6.45, 7) is 6.47. The first-order valence-corrected chi connectivity index (χ1v) is 6.69. The first-order valence-electron chi connectivity index (χ1n) is 6.69. The van der Waals surface area contributed by atoms with Crippen LogP contribution in [0.5, 0.6) is 0 Å². The third-order valence-electron chi connectivity index (χ3n) is 3.18. The lowest BCUT2D eigenvalue weighted by Crippen LogP contribution is -2.39. The normalized spacial score (nSPS) is 16.3. The van der Waals surface area contributed by atoms with E-state index in [0.717, 1.165) is 24.8 Å². The summed E-state index contributed by atoms with van der Waals surface area (Å²) >= 11 is 0. The number of aliphatic hydroxyl groups is 1. The van der Waals surface area contributed by atoms with E-state index in [1.165, 1.54) is 6.07 Å². The van der Waals surface area contributed by atoms with Crippen LogP contribution in [0.25, 0.3) is 0 Å². The molecule has 3 heteroatoms. The molecule has 0 saturated carbocycles. The molecule has 0 heterocycles. The van der Waals surface area contributed by atoms with Gasteiger partial charge in [0, 0.05) is 12.6 Å². The Hall–Kier alpha value is -0.930. The third kappa shape index (κ3) is 4.75. The van der Waals surface area contributed by atoms with E-state index >= 15 is 0 Å². The van der Waals surface area contributed by atoms with Gasteiger partial charge in [0.05, 0.1) is 5.60 Å². The second-order valence-corrected chi connectivity index (χ2v) is 5.14. The Labute approximate surface area is 109 Å². The highest BCUT2D eigenvalue weighted by atomic mass is 19.1. The summed E-state index contributed by atoms with van der Waals surface area (Å²) in [7, 11) is 0. The number of halogens is 1. The first-order chi connectivity index (χ1) is 8.48. The third-order valence-corrected chi connectivity index (χ3v) is 3.18. The van der Waals surface area contributed by atoms with Crippen molar-refractivity contribution < 1.29 is 9.50 Å². The van der Waals surface area contributed by atoms with Crippen LogP contribution in [0.2, 0.25) is 0 Å². The molecule has 1 rings (SSSR count). The predicted molar refractivity (Wildman–Crippen MR) is 73.0 cm³/mol. The molecule has 0 radical (unpaired) electrons. The summed E-state index contributed by atoms with van der Waals surface area (Å²) in [4.78, 5) is 0. The van der Waals surface area contributed by atoms with E-state index in [2.05, 4.69) is 19.2 Å². The molecular weight excluding hydrogens is 229 g/mol. The molecule has 2 unspecified atom stereocenters. The number of hydrogen-bond donors (Lipinski definition) is 2. The molecule has 2 N–H and O–H groups in total. The monoisotopic (exact) mass is 253 g/mol. The van der Waals surface area contributed by atoms with Gasteiger partial charge >= 0.3 is 0 Å². The fourth-order valence-electron chi connectivity index (χ4n) is 2.19. The van der Waals surface area contributed by atoms with Gasteiger partial charge < -0.3 is 10.4 Å². The van der Waals surface area contributed by atoms with Gasteiger partial charge in [-0.2, -0.15) is 0 Å². The van der Waals surface area contributed by atoms with Crippen molar-refractivity contribution in [1.82, 2.24) is 5.32 Å². The van der Waals surface area contributed by atoms with Gasteiger partial charge in [-0.05, 0) is 37.5 Å². The molecule has 18 heavy (non-hydrogen) atoms. The van der Waals surface area contributed by atoms with E-state index in [9.17, 15) is 9.50 Å². The Morgan fingerprint density at radius 2 is 2.11 bits per heavy atom. The van der Waals surface area contributed by atoms with E-state index in [-0.39, 0.29) is 11.9 Å². The lowest BCUT2D eigenvalue weighted by atomic mass is 9.98. The SMILES string of the molecule is CCCC(C)(O)CNC(CC)c1cccc(F)c1. The van der Waals surface area contributed by atoms with Crippen LogP contribution in [0.1, 0.15) is 51.6 Å². The molecule has 0 aliphatic rings. The molecular formula is C15H24FNO. The van der Waals surface area contributed by atoms with Crippen LogP contribution >= 0.6 is 0 Å². The maximum atomic E-state index is 13.2. The predicted octanol–water partition coefficient (Wildman–Crippen LogP) is 3.42. The van der Waals surface area contributed by atoms with Gasteiger partial charge in [-0.1, -0.05) is 32.4 Å². The van der Waals surface area contributed by atoms with Gasteiger partial charge in [-0.15, -0.1) is 0 Å². The Morgan fingerprint density at radius 3 is 2.67 bits per heavy atom. The molecule has 0 saturated heterocycles. The Kier molecular flexibility index (Phi) is 5.76. The zero-order valence-electron chi connectivity index (χ0n) is 11.5. The summed E-state index contributed by atoms with van der Waals surface area (Å²) < 4.78 is 13.2. The molecule has 0 bridgehead atoms. The number of benzene rings is 1. The molecule has 0 aromatic heterocycles. The zero-order chi connectivity index (χ0) is 13.6. The highest BCUT2D eigenvalue weighted by Gasteiger charge is 2.20. The van der Waals surface area contributed by atoms with Crippen LogP contribution in [-0.4, -0.2) is 17.3 Å². The summed E-state index contributed by atoms with van der Waals surface area (Å²) in [6.07, 6.45) is 2.58. The van der Waals surface area contributed by atoms with Crippen molar-refractivity contribution >= 4 is 0 Å². The van der Waals surface area contributed by atoms with Crippen LogP contribution < -0.4 is 5.32 Å². The minimum absolute atomic E-state index is 0.0871. The standard InChI is InChI=1S/C15H24FNO/c1-4-9-15(3,18)11-17-14(5-2)12-7-6-8-13(16)10-12/h6-8,10,14,17-18H,4-5,9,11H2,1-3H3. The largest absolute Gasteiger partial charge is 0.389 e. The average molecular weight is 253 g/mol. The molecule has 0 aliphatic carbocycles. The average Bonchev–Trinajstić information content (AvgIpc) is 2.29. The molecule has 0 spiro atoms. The van der Waals surface area contributed by atoms with E-state index in [1.54, 1.807) is 12.1 Å². The van der Waals surface area contributed by atoms with Crippen molar-refractivity contribution in [3.8, 4) is 0 Å². The maximum Gasteiger partial charge on any atom is 0.123 e. The molecule has 1 aromatic rings. The topological polar surface area (TPSA) is 32.3 Å². The van der Waals surface area contributed by atoms with Crippen molar-refractivity contribution in [3.63, 3.8) is 0 Å². The van der Waals surface area contributed by atoms with Gasteiger partial charge in [0.1, 0.15) is 5.82 Å². The summed E-state index contributed by atoms with van der Waals surface area (Å²) in [5.41, 5.74) is 0.236. The fourth-order valence-corrected chi connectivity index (χ4v) is 2.19. The molecule has 0 aliphatic heterocycles. The van der Waals surface area contributed by atoms with Crippen molar-refractivity contribution in [3.05, 3.63) is 35.6 Å². The minimum Gasteiger partial charge on any atom is -0.389 e. The number of rotatable bonds is 7. The van der Waals surface area contributed by atoms with Gasteiger partial charge in [0.15, 0.2) is 0 Å². The van der Waals surface area contributed by atoms with Crippen LogP contribution in [0.4, 0.5) is 4.39 Å². The molecule has 0 amide bonds. The molecule has 0 fully saturated rings. The van der Waals surface area contributed by atoms with Gasteiger partial charge in [-0.25, -0.2) is 4.39 Å². The lowest BCUT2D eigenvalue weighted by Gasteiger charge is -2.27. The Morgan fingerprint density at radius 1 is 1.39 bits per heavy atom. The summed E-state index contributed by atoms with van der Waals surface area (Å²) in [6, 6.07) is 6.72. The van der Waals surface area contributed by atoms with E-state index < -0.39 is 5.60 Å². The van der Waals surface area contributed by atoms with Crippen LogP contribution in [0.15, 0.2) is 24.3 Å². The smallest absolute Gasteiger partial charge is 0.123 e. The van der Waals surface area contributed by atoms with Gasteiger partial charge in [0.25, 0.3) is 0 Å². The fraction of sp³-hybridized carbons (Fsp3) is 0.600. The number of hydrogen-bond acceptors (Lipinski definition) is 2. The second kappa shape index (κ2) is 6.86. The first kappa shape index (κ1) is 15.1. The van der Waals surface area contributed by atoms with Crippen molar-refractivity contribution in [2.75, 3.05) is 6.54 Å². The van der Waals surface area contributed by atoms with Gasteiger partial charge in [0.2, 0.25) is 0 Å². The molecule has 2 atom stereocenters. The van der Waals surface area contributed by atoms with Crippen LogP contribution in [-0.2, 0) is 0 Å². The molecule has 1 aromatic carbocycles. The highest BCUT2D eigenvalue weighted by molar-refractivity contribution is 5.20. The van der Waals surface area contributed by atoms with Gasteiger partial charge in [-0.3, -0.25) is 0 Å². The van der Waals surface area contributed by atoms with Crippen molar-refractivity contribution in [2.24, 2.45) is 0 Å². The molecule has 102 valence electrons. The van der Waals surface area contributed by atoms with E-state index in [4.69, 9.17) is 0 Å². The molecule has 2 nitrogen and oxygen atoms in total. The highest BCUT2D eigenvalue weighted by Crippen LogP contribution is 2.19. The van der Waals surface area contributed by atoms with Crippen LogP contribution in [0, 0.1) is 5.82 Å². The van der Waals surface area contributed by atoms with E-state index in [1.807, 2.05) is 13.0 Å². The second-order valence-electron chi connectivity index (χ2n) is 5.14. The summed E-state index contributed by atoms with van der Waals surface area (Å²) in [5.74, 6) is -0.215. The maximum absolute atomic E-state index is 13.2. The zero-order valence-corrected chi connectivity index (χ0v) is 11.5. The van der Waals surface area contributed by atoms with Crippen LogP contribution in [0.3, 0.4) is 0 Å². The Balaban J connectivity index is 2.63. The lowest BCUT2D eigenvalue weighted by molar-refractivity contribution is 0.0469. The van der Waals surface area contributed by atoms with E-state index in [0.29, 0.717) is 6.54 Å².